The summed E-state index contributed by atoms with van der Waals surface area (Å²) >= 11 is 0. The minimum Gasteiger partial charge on any atom is -0.481 e. The molecule has 0 aromatic rings. The molecular formula is C11H16N2O3. The van der Waals surface area contributed by atoms with Crippen LogP contribution in [0.1, 0.15) is 38.5 Å². The Morgan fingerprint density at radius 3 is 2.44 bits per heavy atom. The summed E-state index contributed by atoms with van der Waals surface area (Å²) in [4.78, 5) is 22.3. The van der Waals surface area contributed by atoms with Crippen LogP contribution in [0.3, 0.4) is 0 Å². The Balaban J connectivity index is 2.54. The monoisotopic (exact) mass is 224 g/mol. The second-order valence-electron chi connectivity index (χ2n) is 4.39. The third-order valence-electron chi connectivity index (χ3n) is 3.09. The summed E-state index contributed by atoms with van der Waals surface area (Å²) in [7, 11) is 0. The molecule has 0 aromatic heterocycles. The van der Waals surface area contributed by atoms with Gasteiger partial charge in [0.15, 0.2) is 0 Å². The number of nitriles is 1. The Morgan fingerprint density at radius 1 is 1.31 bits per heavy atom. The standard InChI is InChI=1S/C11H16N2O3/c12-5-6-13-9(14)7-11(8-10(15)16)3-1-2-4-11/h1-4,6-8H2,(H,13,14)(H,15,16). The lowest BCUT2D eigenvalue weighted by Gasteiger charge is -2.25. The van der Waals surface area contributed by atoms with Crippen molar-refractivity contribution in [2.75, 3.05) is 6.54 Å². The maximum absolute atomic E-state index is 11.5. The summed E-state index contributed by atoms with van der Waals surface area (Å²) in [6, 6.07) is 1.83. The average Bonchev–Trinajstić information content (AvgIpc) is 2.62. The fourth-order valence-corrected chi connectivity index (χ4v) is 2.40. The van der Waals surface area contributed by atoms with Gasteiger partial charge in [-0.3, -0.25) is 9.59 Å². The Bertz CT molecular complexity index is 314. The highest BCUT2D eigenvalue weighted by Crippen LogP contribution is 2.43. The number of carbonyl (C=O) groups is 2. The zero-order valence-corrected chi connectivity index (χ0v) is 9.16. The lowest BCUT2D eigenvalue weighted by molar-refractivity contribution is -0.140. The molecule has 0 heterocycles. The highest BCUT2D eigenvalue weighted by molar-refractivity contribution is 5.78. The molecule has 0 bridgehead atoms. The molecule has 0 unspecified atom stereocenters. The number of rotatable bonds is 5. The molecule has 0 aliphatic heterocycles. The predicted octanol–water partition coefficient (Wildman–Crippen LogP) is 1.05. The van der Waals surface area contributed by atoms with Gasteiger partial charge in [0, 0.05) is 6.42 Å². The van der Waals surface area contributed by atoms with Crippen molar-refractivity contribution in [2.24, 2.45) is 5.41 Å². The lowest BCUT2D eigenvalue weighted by atomic mass is 9.79. The van der Waals surface area contributed by atoms with Crippen molar-refractivity contribution in [3.05, 3.63) is 0 Å². The summed E-state index contributed by atoms with van der Waals surface area (Å²) in [6.07, 6.45) is 3.82. The number of carboxylic acid groups (broad SMARTS) is 1. The van der Waals surface area contributed by atoms with Crippen molar-refractivity contribution >= 4 is 11.9 Å². The van der Waals surface area contributed by atoms with Gasteiger partial charge < -0.3 is 10.4 Å². The van der Waals surface area contributed by atoms with Crippen LogP contribution in [0, 0.1) is 16.7 Å². The maximum atomic E-state index is 11.5. The van der Waals surface area contributed by atoms with E-state index in [1.165, 1.54) is 0 Å². The van der Waals surface area contributed by atoms with Crippen LogP contribution in [0.2, 0.25) is 0 Å². The highest BCUT2D eigenvalue weighted by Gasteiger charge is 2.37. The van der Waals surface area contributed by atoms with E-state index in [1.54, 1.807) is 0 Å². The highest BCUT2D eigenvalue weighted by atomic mass is 16.4. The van der Waals surface area contributed by atoms with Crippen molar-refractivity contribution in [2.45, 2.75) is 38.5 Å². The molecule has 5 nitrogen and oxygen atoms in total. The Labute approximate surface area is 94.4 Å². The van der Waals surface area contributed by atoms with Crippen molar-refractivity contribution < 1.29 is 14.7 Å². The van der Waals surface area contributed by atoms with Crippen molar-refractivity contribution in [3.63, 3.8) is 0 Å². The number of hydrogen-bond donors (Lipinski definition) is 2. The van der Waals surface area contributed by atoms with E-state index in [4.69, 9.17) is 10.4 Å². The van der Waals surface area contributed by atoms with E-state index in [-0.39, 0.29) is 30.7 Å². The summed E-state index contributed by atoms with van der Waals surface area (Å²) in [5.74, 6) is -1.07. The first-order chi connectivity index (χ1) is 7.58. The zero-order valence-electron chi connectivity index (χ0n) is 9.16. The molecule has 88 valence electrons. The van der Waals surface area contributed by atoms with Gasteiger partial charge in [0.25, 0.3) is 0 Å². The van der Waals surface area contributed by atoms with Gasteiger partial charge in [-0.2, -0.15) is 5.26 Å². The molecule has 2 N–H and O–H groups in total. The molecule has 0 saturated heterocycles. The minimum atomic E-state index is -0.852. The number of aliphatic carboxylic acids is 1. The molecule has 1 rings (SSSR count). The van der Waals surface area contributed by atoms with E-state index in [2.05, 4.69) is 5.32 Å². The van der Waals surface area contributed by atoms with Gasteiger partial charge in [0.1, 0.15) is 6.54 Å². The minimum absolute atomic E-state index is 0.0119. The maximum Gasteiger partial charge on any atom is 0.303 e. The van der Waals surface area contributed by atoms with Gasteiger partial charge in [0.05, 0.1) is 12.5 Å². The fourth-order valence-electron chi connectivity index (χ4n) is 2.40. The molecule has 0 aromatic carbocycles. The van der Waals surface area contributed by atoms with E-state index in [1.807, 2.05) is 6.07 Å². The second kappa shape index (κ2) is 5.50. The molecular weight excluding hydrogens is 208 g/mol. The van der Waals surface area contributed by atoms with E-state index in [0.717, 1.165) is 25.7 Å². The molecule has 5 heteroatoms. The Morgan fingerprint density at radius 2 is 1.94 bits per heavy atom. The average molecular weight is 224 g/mol. The number of hydrogen-bond acceptors (Lipinski definition) is 3. The van der Waals surface area contributed by atoms with Crippen LogP contribution in [0.15, 0.2) is 0 Å². The lowest BCUT2D eigenvalue weighted by Crippen LogP contribution is -2.32. The van der Waals surface area contributed by atoms with Gasteiger partial charge in [-0.05, 0) is 18.3 Å². The molecule has 1 aliphatic carbocycles. The fraction of sp³-hybridized carbons (Fsp3) is 0.727. The van der Waals surface area contributed by atoms with Crippen molar-refractivity contribution in [1.29, 1.82) is 5.26 Å². The number of amides is 1. The molecule has 0 radical (unpaired) electrons. The van der Waals surface area contributed by atoms with E-state index in [0.29, 0.717) is 0 Å². The predicted molar refractivity (Wildman–Crippen MR) is 56.4 cm³/mol. The topological polar surface area (TPSA) is 90.2 Å². The summed E-state index contributed by atoms with van der Waals surface area (Å²) in [5.41, 5.74) is -0.384. The smallest absolute Gasteiger partial charge is 0.303 e. The van der Waals surface area contributed by atoms with Crippen molar-refractivity contribution in [3.8, 4) is 6.07 Å². The zero-order chi connectivity index (χ0) is 12.0. The summed E-state index contributed by atoms with van der Waals surface area (Å²) < 4.78 is 0. The Kier molecular flexibility index (Phi) is 4.29. The van der Waals surface area contributed by atoms with Crippen LogP contribution >= 0.6 is 0 Å². The van der Waals surface area contributed by atoms with Crippen molar-refractivity contribution in [1.82, 2.24) is 5.32 Å². The first-order valence-corrected chi connectivity index (χ1v) is 5.43. The number of nitrogens with one attached hydrogen (secondary N) is 1. The van der Waals surface area contributed by atoms with Gasteiger partial charge in [0.2, 0.25) is 5.91 Å². The normalized spacial score (nSPS) is 17.7. The van der Waals surface area contributed by atoms with Gasteiger partial charge in [-0.1, -0.05) is 12.8 Å². The molecule has 0 spiro atoms. The SMILES string of the molecule is N#CCNC(=O)CC1(CC(=O)O)CCCC1. The molecule has 1 aliphatic rings. The quantitative estimate of drug-likeness (QED) is 0.683. The molecule has 1 saturated carbocycles. The molecule has 16 heavy (non-hydrogen) atoms. The molecule has 1 amide bonds. The number of carbonyl (C=O) groups excluding carboxylic acids is 1. The third-order valence-corrected chi connectivity index (χ3v) is 3.09. The van der Waals surface area contributed by atoms with Gasteiger partial charge in [-0.25, -0.2) is 0 Å². The molecule has 1 fully saturated rings. The molecule has 0 atom stereocenters. The number of nitrogens with zero attached hydrogens (tertiary/aromatic N) is 1. The van der Waals surface area contributed by atoms with Gasteiger partial charge in [-0.15, -0.1) is 0 Å². The van der Waals surface area contributed by atoms with E-state index in [9.17, 15) is 9.59 Å². The van der Waals surface area contributed by atoms with Crippen LogP contribution in [0.25, 0.3) is 0 Å². The third kappa shape index (κ3) is 3.54. The Hall–Kier alpha value is -1.57. The van der Waals surface area contributed by atoms with Crippen LogP contribution in [-0.4, -0.2) is 23.5 Å². The summed E-state index contributed by atoms with van der Waals surface area (Å²) in [5, 5.41) is 19.6. The summed E-state index contributed by atoms with van der Waals surface area (Å²) in [6.45, 7) is -0.0119. The van der Waals surface area contributed by atoms with Crippen LogP contribution in [-0.2, 0) is 9.59 Å². The van der Waals surface area contributed by atoms with Gasteiger partial charge >= 0.3 is 5.97 Å². The first-order valence-electron chi connectivity index (χ1n) is 5.43. The van der Waals surface area contributed by atoms with E-state index >= 15 is 0 Å². The largest absolute Gasteiger partial charge is 0.481 e. The van der Waals surface area contributed by atoms with Crippen LogP contribution in [0.4, 0.5) is 0 Å². The number of carboxylic acids is 1. The van der Waals surface area contributed by atoms with E-state index < -0.39 is 5.97 Å². The first kappa shape index (κ1) is 12.5. The van der Waals surface area contributed by atoms with Crippen LogP contribution < -0.4 is 5.32 Å². The van der Waals surface area contributed by atoms with Crippen LogP contribution in [0.5, 0.6) is 0 Å². The second-order valence-corrected chi connectivity index (χ2v) is 4.39.